The Morgan fingerprint density at radius 1 is 0.645 bits per heavy atom. The van der Waals surface area contributed by atoms with E-state index in [1.54, 1.807) is 0 Å². The van der Waals surface area contributed by atoms with Crippen molar-refractivity contribution in [2.45, 2.75) is 0 Å². The maximum atomic E-state index is 3.83. The number of hydrogen-bond acceptors (Lipinski definition) is 1. The summed E-state index contributed by atoms with van der Waals surface area (Å²) in [5.41, 5.74) is 11.4. The van der Waals surface area contributed by atoms with Crippen LogP contribution in [0.25, 0.3) is 17.2 Å². The van der Waals surface area contributed by atoms with Gasteiger partial charge in [0.1, 0.15) is 0 Å². The van der Waals surface area contributed by atoms with E-state index in [4.69, 9.17) is 0 Å². The third-order valence-corrected chi connectivity index (χ3v) is 6.63. The molecule has 31 heavy (non-hydrogen) atoms. The Balaban J connectivity index is 1.75. The van der Waals surface area contributed by atoms with Crippen molar-refractivity contribution >= 4 is 51.2 Å². The molecule has 0 aliphatic carbocycles. The summed E-state index contributed by atoms with van der Waals surface area (Å²) in [7, 11) is 0. The lowest BCUT2D eigenvalue weighted by molar-refractivity contribution is 1.49. The molecule has 0 unspecified atom stereocenters. The quantitative estimate of drug-likeness (QED) is 0.330. The summed E-state index contributed by atoms with van der Waals surface area (Å²) in [5.74, 6) is 0. The maximum Gasteiger partial charge on any atom is 0.322 e. The van der Waals surface area contributed by atoms with Gasteiger partial charge in [-0.1, -0.05) is 113 Å². The number of allylic oxidation sites excluding steroid dienone is 2. The minimum absolute atomic E-state index is 0.102. The van der Waals surface area contributed by atoms with E-state index in [2.05, 4.69) is 130 Å². The fourth-order valence-corrected chi connectivity index (χ4v) is 5.18. The minimum atomic E-state index is 0.102. The summed E-state index contributed by atoms with van der Waals surface area (Å²) in [5, 5.41) is 3.83. The zero-order valence-corrected chi connectivity index (χ0v) is 18.4. The molecule has 0 atom stereocenters. The lowest BCUT2D eigenvalue weighted by atomic mass is 9.42. The van der Waals surface area contributed by atoms with Crippen LogP contribution in [0.3, 0.4) is 0 Å². The lowest BCUT2D eigenvalue weighted by Crippen LogP contribution is -2.47. The average molecular weight is 460 g/mol. The molecule has 0 amide bonds. The molecule has 146 valence electrons. The van der Waals surface area contributed by atoms with Crippen molar-refractivity contribution in [1.29, 1.82) is 0 Å². The van der Waals surface area contributed by atoms with Gasteiger partial charge in [0.15, 0.2) is 0 Å². The van der Waals surface area contributed by atoms with Gasteiger partial charge in [-0.2, -0.15) is 0 Å². The number of para-hydroxylation sites is 1. The van der Waals surface area contributed by atoms with Gasteiger partial charge < -0.3 is 5.23 Å². The van der Waals surface area contributed by atoms with Crippen molar-refractivity contribution in [3.05, 3.63) is 135 Å². The van der Waals surface area contributed by atoms with Crippen molar-refractivity contribution in [3.8, 4) is 0 Å². The summed E-state index contributed by atoms with van der Waals surface area (Å²) >= 11 is 3.71. The molecule has 0 fully saturated rings. The number of rotatable bonds is 2. The van der Waals surface area contributed by atoms with Crippen LogP contribution in [0.5, 0.6) is 0 Å². The molecule has 3 heteroatoms. The van der Waals surface area contributed by atoms with Crippen LogP contribution in [0.15, 0.2) is 113 Å². The molecule has 0 aromatic heterocycles. The average Bonchev–Trinajstić information content (AvgIpc) is 2.83. The van der Waals surface area contributed by atoms with Gasteiger partial charge in [0, 0.05) is 10.2 Å². The molecule has 2 aliphatic heterocycles. The van der Waals surface area contributed by atoms with E-state index in [0.29, 0.717) is 0 Å². The highest BCUT2D eigenvalue weighted by atomic mass is 79.9. The molecular weight excluding hydrogens is 441 g/mol. The molecule has 1 nitrogen and oxygen atoms in total. The van der Waals surface area contributed by atoms with Crippen LogP contribution in [0.2, 0.25) is 0 Å². The highest BCUT2D eigenvalue weighted by molar-refractivity contribution is 9.10. The summed E-state index contributed by atoms with van der Waals surface area (Å²) in [4.78, 5) is 0. The fraction of sp³-hybridized carbons (Fsp3) is 0. The topological polar surface area (TPSA) is 12.0 Å². The van der Waals surface area contributed by atoms with E-state index in [0.717, 1.165) is 4.47 Å². The van der Waals surface area contributed by atoms with Crippen molar-refractivity contribution in [2.75, 3.05) is 5.23 Å². The van der Waals surface area contributed by atoms with Crippen molar-refractivity contribution < 1.29 is 0 Å². The first-order valence-corrected chi connectivity index (χ1v) is 11.3. The molecule has 0 saturated carbocycles. The molecule has 1 N–H and O–H groups in total. The lowest BCUT2D eigenvalue weighted by Gasteiger charge is -2.35. The highest BCUT2D eigenvalue weighted by Gasteiger charge is 2.37. The van der Waals surface area contributed by atoms with E-state index in [9.17, 15) is 0 Å². The molecule has 4 aromatic rings. The van der Waals surface area contributed by atoms with Crippen LogP contribution >= 0.6 is 15.9 Å². The fourth-order valence-electron chi connectivity index (χ4n) is 4.80. The van der Waals surface area contributed by atoms with E-state index in [1.807, 2.05) is 0 Å². The Labute approximate surface area is 191 Å². The van der Waals surface area contributed by atoms with Gasteiger partial charge in [-0.05, 0) is 56.5 Å². The summed E-state index contributed by atoms with van der Waals surface area (Å²) in [6, 6.07) is 36.8. The molecule has 2 heterocycles. The van der Waals surface area contributed by atoms with Crippen LogP contribution in [-0.2, 0) is 0 Å². The number of fused-ring (bicyclic) bond motifs is 4. The van der Waals surface area contributed by atoms with Crippen LogP contribution < -0.4 is 10.7 Å². The Hall–Kier alpha value is -3.30. The standard InChI is InChI=1S/C28H19BBrN/c30-22-15-16-23-24(18-22)29-25(17-21-13-7-8-14-26(21)31-29)28(20-11-5-2-6-12-20)27(23)19-9-3-1-4-10-19/h1-18,31H. The molecule has 6 rings (SSSR count). The monoisotopic (exact) mass is 459 g/mol. The number of nitrogens with one attached hydrogen (secondary N) is 1. The SMILES string of the molecule is Brc1ccc2c(c1)B1Nc3ccccc3C=C1C(c1ccccc1)=C2c1ccccc1. The first-order chi connectivity index (χ1) is 15.3. The Kier molecular flexibility index (Phi) is 4.43. The summed E-state index contributed by atoms with van der Waals surface area (Å²) in [6.07, 6.45) is 2.37. The van der Waals surface area contributed by atoms with Crippen molar-refractivity contribution in [3.63, 3.8) is 0 Å². The zero-order valence-electron chi connectivity index (χ0n) is 16.8. The van der Waals surface area contributed by atoms with E-state index in [1.165, 1.54) is 50.0 Å². The largest absolute Gasteiger partial charge is 0.420 e. The minimum Gasteiger partial charge on any atom is -0.420 e. The van der Waals surface area contributed by atoms with E-state index >= 15 is 0 Å². The normalized spacial score (nSPS) is 14.2. The predicted molar refractivity (Wildman–Crippen MR) is 136 cm³/mol. The third-order valence-electron chi connectivity index (χ3n) is 6.14. The van der Waals surface area contributed by atoms with Crippen LogP contribution in [0, 0.1) is 0 Å². The molecule has 2 aliphatic rings. The van der Waals surface area contributed by atoms with Crippen LogP contribution in [-0.4, -0.2) is 6.85 Å². The van der Waals surface area contributed by atoms with Crippen molar-refractivity contribution in [2.24, 2.45) is 0 Å². The smallest absolute Gasteiger partial charge is 0.322 e. The van der Waals surface area contributed by atoms with Gasteiger partial charge in [0.2, 0.25) is 0 Å². The first-order valence-electron chi connectivity index (χ1n) is 10.5. The number of anilines is 1. The second kappa shape index (κ2) is 7.44. The second-order valence-electron chi connectivity index (χ2n) is 7.98. The molecule has 0 bridgehead atoms. The summed E-state index contributed by atoms with van der Waals surface area (Å²) < 4.78 is 1.10. The Morgan fingerprint density at radius 3 is 2.03 bits per heavy atom. The molecular formula is C28H19BBrN. The van der Waals surface area contributed by atoms with Gasteiger partial charge in [-0.15, -0.1) is 0 Å². The number of hydrogen-bond donors (Lipinski definition) is 1. The highest BCUT2D eigenvalue weighted by Crippen LogP contribution is 2.43. The molecule has 4 aromatic carbocycles. The van der Waals surface area contributed by atoms with Gasteiger partial charge in [0.05, 0.1) is 0 Å². The van der Waals surface area contributed by atoms with Crippen LogP contribution in [0.4, 0.5) is 5.69 Å². The Bertz CT molecular complexity index is 1360. The van der Waals surface area contributed by atoms with Gasteiger partial charge >= 0.3 is 6.85 Å². The predicted octanol–water partition coefficient (Wildman–Crippen LogP) is 6.67. The number of halogens is 1. The van der Waals surface area contributed by atoms with Crippen molar-refractivity contribution in [1.82, 2.24) is 0 Å². The number of benzene rings is 4. The van der Waals surface area contributed by atoms with Gasteiger partial charge in [0.25, 0.3) is 0 Å². The molecule has 0 spiro atoms. The molecule has 0 saturated heterocycles. The van der Waals surface area contributed by atoms with E-state index < -0.39 is 0 Å². The first kappa shape index (κ1) is 18.5. The van der Waals surface area contributed by atoms with Crippen LogP contribution in [0.1, 0.15) is 22.3 Å². The summed E-state index contributed by atoms with van der Waals surface area (Å²) in [6.45, 7) is 0.102. The third kappa shape index (κ3) is 3.08. The Morgan fingerprint density at radius 2 is 1.29 bits per heavy atom. The van der Waals surface area contributed by atoms with E-state index in [-0.39, 0.29) is 6.85 Å². The zero-order chi connectivity index (χ0) is 20.8. The molecule has 0 radical (unpaired) electrons. The second-order valence-corrected chi connectivity index (χ2v) is 8.89. The van der Waals surface area contributed by atoms with Gasteiger partial charge in [-0.25, -0.2) is 0 Å². The maximum absolute atomic E-state index is 3.83. The van der Waals surface area contributed by atoms with Gasteiger partial charge in [-0.3, -0.25) is 0 Å².